The Bertz CT molecular complexity index is 117. The summed E-state index contributed by atoms with van der Waals surface area (Å²) in [5, 5.41) is 0.696. The summed E-state index contributed by atoms with van der Waals surface area (Å²) in [6, 6.07) is 0. The van der Waals surface area contributed by atoms with Crippen LogP contribution in [0, 0.1) is 0 Å². The lowest BCUT2D eigenvalue weighted by Gasteiger charge is -2.15. The summed E-state index contributed by atoms with van der Waals surface area (Å²) < 4.78 is 0. The van der Waals surface area contributed by atoms with E-state index < -0.39 is 0 Å². The van der Waals surface area contributed by atoms with Gasteiger partial charge in [-0.3, -0.25) is 0 Å². The predicted molar refractivity (Wildman–Crippen MR) is 78.1 cm³/mol. The summed E-state index contributed by atoms with van der Waals surface area (Å²) in [6.45, 7) is 2.31. The zero-order valence-corrected chi connectivity index (χ0v) is 11.6. The van der Waals surface area contributed by atoms with Crippen molar-refractivity contribution in [1.29, 1.82) is 0 Å². The van der Waals surface area contributed by atoms with E-state index in [4.69, 9.17) is 17.2 Å². The first kappa shape index (κ1) is 15.9. The predicted octanol–water partition coefficient (Wildman–Crippen LogP) is 0.431. The molecule has 0 radical (unpaired) electrons. The SMILES string of the molecule is NCCSCC(CSCCN)SCCN. The van der Waals surface area contributed by atoms with Crippen molar-refractivity contribution in [3.05, 3.63) is 0 Å². The van der Waals surface area contributed by atoms with Gasteiger partial charge in [0.05, 0.1) is 0 Å². The Morgan fingerprint density at radius 2 is 1.20 bits per heavy atom. The van der Waals surface area contributed by atoms with Crippen molar-refractivity contribution in [3.8, 4) is 0 Å². The molecule has 0 heterocycles. The minimum absolute atomic E-state index is 0.696. The highest BCUT2D eigenvalue weighted by molar-refractivity contribution is 8.05. The van der Waals surface area contributed by atoms with Crippen LogP contribution in [-0.2, 0) is 0 Å². The lowest BCUT2D eigenvalue weighted by atomic mass is 10.5. The van der Waals surface area contributed by atoms with E-state index in [1.165, 1.54) is 11.5 Å². The van der Waals surface area contributed by atoms with Crippen LogP contribution in [0.15, 0.2) is 0 Å². The maximum Gasteiger partial charge on any atom is 0.0229 e. The van der Waals surface area contributed by atoms with Crippen LogP contribution in [0.5, 0.6) is 0 Å². The quantitative estimate of drug-likeness (QED) is 0.472. The van der Waals surface area contributed by atoms with E-state index in [0.29, 0.717) is 5.25 Å². The number of thioether (sulfide) groups is 3. The lowest BCUT2D eigenvalue weighted by molar-refractivity contribution is 1.09. The summed E-state index contributed by atoms with van der Waals surface area (Å²) in [5.41, 5.74) is 16.4. The van der Waals surface area contributed by atoms with Gasteiger partial charge in [-0.1, -0.05) is 0 Å². The van der Waals surface area contributed by atoms with Gasteiger partial charge in [-0.05, 0) is 0 Å². The fraction of sp³-hybridized carbons (Fsp3) is 1.00. The van der Waals surface area contributed by atoms with Gasteiger partial charge in [0.1, 0.15) is 0 Å². The third-order valence-corrected chi connectivity index (χ3v) is 5.63. The first-order valence-electron chi connectivity index (χ1n) is 5.22. The average molecular weight is 270 g/mol. The highest BCUT2D eigenvalue weighted by Crippen LogP contribution is 2.20. The van der Waals surface area contributed by atoms with E-state index in [9.17, 15) is 0 Å². The molecule has 0 aromatic carbocycles. The van der Waals surface area contributed by atoms with E-state index in [-0.39, 0.29) is 0 Å². The van der Waals surface area contributed by atoms with Crippen molar-refractivity contribution >= 4 is 35.3 Å². The molecule has 6 N–H and O–H groups in total. The Labute approximate surface area is 106 Å². The average Bonchev–Trinajstić information content (AvgIpc) is 2.25. The van der Waals surface area contributed by atoms with Crippen LogP contribution in [0.3, 0.4) is 0 Å². The minimum Gasteiger partial charge on any atom is -0.330 e. The lowest BCUT2D eigenvalue weighted by Crippen LogP contribution is -2.16. The van der Waals surface area contributed by atoms with Gasteiger partial charge in [0.2, 0.25) is 0 Å². The largest absolute Gasteiger partial charge is 0.330 e. The summed E-state index contributed by atoms with van der Waals surface area (Å²) in [7, 11) is 0. The minimum atomic E-state index is 0.696. The molecule has 0 saturated heterocycles. The first-order valence-corrected chi connectivity index (χ1v) is 8.58. The molecule has 0 rings (SSSR count). The van der Waals surface area contributed by atoms with Gasteiger partial charge >= 0.3 is 0 Å². The molecule has 0 unspecified atom stereocenters. The Kier molecular flexibility index (Phi) is 13.8. The number of rotatable bonds is 11. The summed E-state index contributed by atoms with van der Waals surface area (Å²) in [4.78, 5) is 0. The maximum absolute atomic E-state index is 5.51. The molecule has 6 heteroatoms. The Morgan fingerprint density at radius 3 is 1.60 bits per heavy atom. The molecule has 0 fully saturated rings. The molecule has 0 spiro atoms. The van der Waals surface area contributed by atoms with Gasteiger partial charge in [0.25, 0.3) is 0 Å². The third-order valence-electron chi connectivity index (χ3n) is 1.60. The molecule has 0 atom stereocenters. The summed E-state index contributed by atoms with van der Waals surface area (Å²) in [5.74, 6) is 5.53. The molecule has 0 aromatic heterocycles. The Hall–Kier alpha value is 0.930. The molecule has 0 aromatic rings. The normalized spacial score (nSPS) is 11.2. The van der Waals surface area contributed by atoms with E-state index in [0.717, 1.165) is 36.9 Å². The van der Waals surface area contributed by atoms with E-state index in [1.807, 2.05) is 35.3 Å². The second-order valence-corrected chi connectivity index (χ2v) is 6.72. The van der Waals surface area contributed by atoms with Crippen LogP contribution in [0.4, 0.5) is 0 Å². The van der Waals surface area contributed by atoms with Gasteiger partial charge < -0.3 is 17.2 Å². The van der Waals surface area contributed by atoms with E-state index in [1.54, 1.807) is 0 Å². The van der Waals surface area contributed by atoms with Crippen molar-refractivity contribution in [2.24, 2.45) is 17.2 Å². The molecule has 3 nitrogen and oxygen atoms in total. The van der Waals surface area contributed by atoms with Crippen molar-refractivity contribution in [2.45, 2.75) is 5.25 Å². The second kappa shape index (κ2) is 13.0. The van der Waals surface area contributed by atoms with Gasteiger partial charge in [-0.15, -0.1) is 0 Å². The van der Waals surface area contributed by atoms with Gasteiger partial charge in [-0.25, -0.2) is 0 Å². The van der Waals surface area contributed by atoms with Crippen LogP contribution >= 0.6 is 35.3 Å². The summed E-state index contributed by atoms with van der Waals surface area (Å²) >= 11 is 5.85. The monoisotopic (exact) mass is 269 g/mol. The smallest absolute Gasteiger partial charge is 0.0229 e. The summed E-state index contributed by atoms with van der Waals surface area (Å²) in [6.07, 6.45) is 0. The molecular weight excluding hydrogens is 246 g/mol. The molecule has 0 amide bonds. The fourth-order valence-electron chi connectivity index (χ4n) is 0.975. The van der Waals surface area contributed by atoms with Crippen LogP contribution < -0.4 is 17.2 Å². The molecule has 0 bridgehead atoms. The Balaban J connectivity index is 3.53. The highest BCUT2D eigenvalue weighted by Gasteiger charge is 2.08. The number of hydrogen-bond donors (Lipinski definition) is 3. The van der Waals surface area contributed by atoms with Crippen LogP contribution in [0.1, 0.15) is 0 Å². The van der Waals surface area contributed by atoms with Crippen molar-refractivity contribution in [1.82, 2.24) is 0 Å². The molecule has 0 aliphatic heterocycles. The molecule has 92 valence electrons. The number of hydrogen-bond acceptors (Lipinski definition) is 6. The molecule has 0 saturated carbocycles. The molecule has 15 heavy (non-hydrogen) atoms. The molecule has 0 aliphatic rings. The van der Waals surface area contributed by atoms with Gasteiger partial charge in [0.15, 0.2) is 0 Å². The van der Waals surface area contributed by atoms with E-state index in [2.05, 4.69) is 0 Å². The van der Waals surface area contributed by atoms with E-state index >= 15 is 0 Å². The van der Waals surface area contributed by atoms with Crippen LogP contribution in [0.2, 0.25) is 0 Å². The van der Waals surface area contributed by atoms with Crippen LogP contribution in [0.25, 0.3) is 0 Å². The van der Waals surface area contributed by atoms with Crippen molar-refractivity contribution < 1.29 is 0 Å². The van der Waals surface area contributed by atoms with Gasteiger partial charge in [0, 0.05) is 53.6 Å². The van der Waals surface area contributed by atoms with Gasteiger partial charge in [-0.2, -0.15) is 35.3 Å². The Morgan fingerprint density at radius 1 is 0.733 bits per heavy atom. The van der Waals surface area contributed by atoms with Crippen LogP contribution in [-0.4, -0.2) is 53.6 Å². The molecular formula is C9H23N3S3. The second-order valence-electron chi connectivity index (χ2n) is 3.01. The fourth-order valence-corrected chi connectivity index (χ4v) is 4.37. The number of nitrogens with two attached hydrogens (primary N) is 3. The van der Waals surface area contributed by atoms with Crippen molar-refractivity contribution in [3.63, 3.8) is 0 Å². The first-order chi connectivity index (χ1) is 7.35. The topological polar surface area (TPSA) is 78.1 Å². The standard InChI is InChI=1S/C9H23N3S3/c10-1-4-13-7-9(15-6-3-12)8-14-5-2-11/h9H,1-8,10-12H2. The zero-order chi connectivity index (χ0) is 11.4. The van der Waals surface area contributed by atoms with Crippen molar-refractivity contribution in [2.75, 3.05) is 48.4 Å². The highest BCUT2D eigenvalue weighted by atomic mass is 32.2. The molecule has 0 aliphatic carbocycles. The zero-order valence-electron chi connectivity index (χ0n) is 9.19. The third kappa shape index (κ3) is 11.2. The maximum atomic E-state index is 5.51.